The van der Waals surface area contributed by atoms with Crippen LogP contribution >= 0.6 is 0 Å². The van der Waals surface area contributed by atoms with Gasteiger partial charge in [-0.3, -0.25) is 0 Å². The van der Waals surface area contributed by atoms with Gasteiger partial charge in [0, 0.05) is 25.0 Å². The van der Waals surface area contributed by atoms with Crippen LogP contribution in [0.15, 0.2) is 42.7 Å². The van der Waals surface area contributed by atoms with Crippen molar-refractivity contribution in [2.45, 2.75) is 57.5 Å². The second kappa shape index (κ2) is 8.52. The van der Waals surface area contributed by atoms with Gasteiger partial charge >= 0.3 is 6.03 Å². The highest BCUT2D eigenvalue weighted by Crippen LogP contribution is 2.17. The predicted octanol–water partition coefficient (Wildman–Crippen LogP) is 3.78. The Hall–Kier alpha value is -2.30. The number of amides is 2. The first-order valence-electron chi connectivity index (χ1n) is 8.94. The molecule has 0 aliphatic heterocycles. The molecule has 5 nitrogen and oxygen atoms in total. The Kier molecular flexibility index (Phi) is 5.88. The average Bonchev–Trinajstić information content (AvgIpc) is 3.10. The number of hydrogen-bond donors (Lipinski definition) is 2. The second-order valence-corrected chi connectivity index (χ2v) is 6.49. The number of urea groups is 1. The summed E-state index contributed by atoms with van der Waals surface area (Å²) in [5.41, 5.74) is 2.10. The smallest absolute Gasteiger partial charge is 0.315 e. The summed E-state index contributed by atoms with van der Waals surface area (Å²) in [5, 5.41) is 10.3. The zero-order valence-electron chi connectivity index (χ0n) is 14.1. The second-order valence-electron chi connectivity index (χ2n) is 6.49. The fourth-order valence-electron chi connectivity index (χ4n) is 3.21. The molecule has 0 spiro atoms. The highest BCUT2D eigenvalue weighted by Gasteiger charge is 2.13. The predicted molar refractivity (Wildman–Crippen MR) is 95.0 cm³/mol. The van der Waals surface area contributed by atoms with Crippen LogP contribution in [-0.2, 0) is 6.54 Å². The summed E-state index contributed by atoms with van der Waals surface area (Å²) in [5.74, 6) is 0. The van der Waals surface area contributed by atoms with Gasteiger partial charge in [0.25, 0.3) is 0 Å². The molecule has 128 valence electrons. The third-order valence-electron chi connectivity index (χ3n) is 4.60. The van der Waals surface area contributed by atoms with Crippen LogP contribution in [0.3, 0.4) is 0 Å². The molecule has 1 heterocycles. The fourth-order valence-corrected chi connectivity index (χ4v) is 3.21. The fraction of sp³-hybridized carbons (Fsp3) is 0.474. The summed E-state index contributed by atoms with van der Waals surface area (Å²) in [6.07, 6.45) is 12.3. The van der Waals surface area contributed by atoms with Crippen LogP contribution in [-0.4, -0.2) is 21.9 Å². The van der Waals surface area contributed by atoms with Crippen LogP contribution < -0.4 is 10.6 Å². The molecule has 0 atom stereocenters. The Labute approximate surface area is 143 Å². The number of benzene rings is 1. The molecule has 2 aromatic rings. The van der Waals surface area contributed by atoms with E-state index in [0.717, 1.165) is 24.1 Å². The topological polar surface area (TPSA) is 59.0 Å². The highest BCUT2D eigenvalue weighted by molar-refractivity contribution is 5.74. The number of carbonyl (C=O) groups is 1. The van der Waals surface area contributed by atoms with Crippen molar-refractivity contribution in [3.05, 3.63) is 48.3 Å². The van der Waals surface area contributed by atoms with Gasteiger partial charge in [-0.05, 0) is 36.6 Å². The number of nitrogens with zero attached hydrogens (tertiary/aromatic N) is 2. The lowest BCUT2D eigenvalue weighted by atomic mass is 9.97. The molecule has 3 rings (SSSR count). The lowest BCUT2D eigenvalue weighted by molar-refractivity contribution is 0.233. The quantitative estimate of drug-likeness (QED) is 0.898. The molecule has 1 saturated carbocycles. The molecule has 0 unspecified atom stereocenters. The summed E-state index contributed by atoms with van der Waals surface area (Å²) >= 11 is 0. The molecule has 1 aromatic heterocycles. The standard InChI is InChI=1S/C19H26N4O/c24-19(22-17-7-4-2-1-3-5-8-17)20-15-16-9-11-18(12-10-16)23-14-6-13-21-23/h6,9-14,17H,1-5,7-8,15H2,(H2,20,22,24). The van der Waals surface area contributed by atoms with Crippen LogP contribution in [0.1, 0.15) is 50.5 Å². The van der Waals surface area contributed by atoms with E-state index in [1.54, 1.807) is 6.20 Å². The van der Waals surface area contributed by atoms with E-state index in [1.165, 1.54) is 32.1 Å². The zero-order chi connectivity index (χ0) is 16.6. The normalized spacial score (nSPS) is 16.2. The van der Waals surface area contributed by atoms with Crippen LogP contribution in [0.4, 0.5) is 4.79 Å². The minimum Gasteiger partial charge on any atom is -0.335 e. The van der Waals surface area contributed by atoms with E-state index in [-0.39, 0.29) is 6.03 Å². The Morgan fingerprint density at radius 1 is 1.08 bits per heavy atom. The summed E-state index contributed by atoms with van der Waals surface area (Å²) in [7, 11) is 0. The Morgan fingerprint density at radius 2 is 1.79 bits per heavy atom. The Morgan fingerprint density at radius 3 is 2.46 bits per heavy atom. The van der Waals surface area contributed by atoms with E-state index in [1.807, 2.05) is 41.2 Å². The van der Waals surface area contributed by atoms with Crippen molar-refractivity contribution in [3.8, 4) is 5.69 Å². The summed E-state index contributed by atoms with van der Waals surface area (Å²) in [4.78, 5) is 12.1. The van der Waals surface area contributed by atoms with Gasteiger partial charge in [-0.25, -0.2) is 9.48 Å². The number of rotatable bonds is 4. The lowest BCUT2D eigenvalue weighted by Crippen LogP contribution is -2.42. The van der Waals surface area contributed by atoms with Crippen molar-refractivity contribution < 1.29 is 4.79 Å². The maximum atomic E-state index is 12.1. The van der Waals surface area contributed by atoms with E-state index in [2.05, 4.69) is 15.7 Å². The van der Waals surface area contributed by atoms with Gasteiger partial charge < -0.3 is 10.6 Å². The zero-order valence-corrected chi connectivity index (χ0v) is 14.1. The van der Waals surface area contributed by atoms with Gasteiger partial charge in [-0.1, -0.05) is 44.2 Å². The van der Waals surface area contributed by atoms with Crippen LogP contribution in [0.5, 0.6) is 0 Å². The molecule has 1 fully saturated rings. The first kappa shape index (κ1) is 16.6. The highest BCUT2D eigenvalue weighted by atomic mass is 16.2. The van der Waals surface area contributed by atoms with E-state index < -0.39 is 0 Å². The minimum atomic E-state index is -0.0586. The largest absolute Gasteiger partial charge is 0.335 e. The van der Waals surface area contributed by atoms with Gasteiger partial charge in [0.1, 0.15) is 0 Å². The molecule has 0 radical (unpaired) electrons. The summed E-state index contributed by atoms with van der Waals surface area (Å²) in [6.45, 7) is 0.540. The van der Waals surface area contributed by atoms with Crippen molar-refractivity contribution >= 4 is 6.03 Å². The summed E-state index contributed by atoms with van der Waals surface area (Å²) in [6, 6.07) is 10.2. The minimum absolute atomic E-state index is 0.0586. The Balaban J connectivity index is 1.45. The van der Waals surface area contributed by atoms with Crippen LogP contribution in [0.25, 0.3) is 5.69 Å². The maximum Gasteiger partial charge on any atom is 0.315 e. The number of aromatic nitrogens is 2. The third-order valence-corrected chi connectivity index (χ3v) is 4.60. The van der Waals surface area contributed by atoms with Crippen molar-refractivity contribution in [2.24, 2.45) is 0 Å². The summed E-state index contributed by atoms with van der Waals surface area (Å²) < 4.78 is 1.82. The van der Waals surface area contributed by atoms with E-state index >= 15 is 0 Å². The van der Waals surface area contributed by atoms with Gasteiger partial charge in [-0.2, -0.15) is 5.10 Å². The van der Waals surface area contributed by atoms with Crippen LogP contribution in [0.2, 0.25) is 0 Å². The van der Waals surface area contributed by atoms with Gasteiger partial charge in [0.2, 0.25) is 0 Å². The van der Waals surface area contributed by atoms with E-state index in [0.29, 0.717) is 12.6 Å². The Bertz CT molecular complexity index is 613. The monoisotopic (exact) mass is 326 g/mol. The van der Waals surface area contributed by atoms with Crippen molar-refractivity contribution in [2.75, 3.05) is 0 Å². The van der Waals surface area contributed by atoms with Crippen molar-refractivity contribution in [1.82, 2.24) is 20.4 Å². The molecular formula is C19H26N4O. The van der Waals surface area contributed by atoms with Crippen molar-refractivity contribution in [3.63, 3.8) is 0 Å². The molecule has 1 aliphatic rings. The molecule has 2 amide bonds. The molecule has 1 aliphatic carbocycles. The maximum absolute atomic E-state index is 12.1. The molecule has 1 aromatic carbocycles. The average molecular weight is 326 g/mol. The molecule has 0 saturated heterocycles. The van der Waals surface area contributed by atoms with E-state index in [4.69, 9.17) is 0 Å². The molecule has 2 N–H and O–H groups in total. The molecule has 0 bridgehead atoms. The third kappa shape index (κ3) is 4.85. The van der Waals surface area contributed by atoms with Gasteiger partial charge in [-0.15, -0.1) is 0 Å². The van der Waals surface area contributed by atoms with Gasteiger partial charge in [0.05, 0.1) is 5.69 Å². The molecule has 24 heavy (non-hydrogen) atoms. The SMILES string of the molecule is O=C(NCc1ccc(-n2cccn2)cc1)NC1CCCCCCC1. The number of hydrogen-bond acceptors (Lipinski definition) is 2. The van der Waals surface area contributed by atoms with Crippen molar-refractivity contribution in [1.29, 1.82) is 0 Å². The van der Waals surface area contributed by atoms with Gasteiger partial charge in [0.15, 0.2) is 0 Å². The number of carbonyl (C=O) groups excluding carboxylic acids is 1. The lowest BCUT2D eigenvalue weighted by Gasteiger charge is -2.21. The van der Waals surface area contributed by atoms with Crippen LogP contribution in [0, 0.1) is 0 Å². The first-order valence-corrected chi connectivity index (χ1v) is 8.94. The first-order chi connectivity index (χ1) is 11.8. The molecule has 5 heteroatoms. The molecular weight excluding hydrogens is 300 g/mol. The van der Waals surface area contributed by atoms with E-state index in [9.17, 15) is 4.79 Å². The number of nitrogens with one attached hydrogen (secondary N) is 2.